The van der Waals surface area contributed by atoms with Gasteiger partial charge in [0, 0.05) is 0 Å². The first-order valence-electron chi connectivity index (χ1n) is 3.24. The summed E-state index contributed by atoms with van der Waals surface area (Å²) in [4.78, 5) is 0. The minimum absolute atomic E-state index is 0.306. The van der Waals surface area contributed by atoms with Crippen LogP contribution in [0.5, 0.6) is 0 Å². The van der Waals surface area contributed by atoms with Crippen molar-refractivity contribution in [3.8, 4) is 0 Å². The second kappa shape index (κ2) is 5.13. The molecule has 0 radical (unpaired) electrons. The SMILES string of the molecule is CCCB(CC)NO. The fourth-order valence-electron chi connectivity index (χ4n) is 0.708. The molecule has 0 bridgehead atoms. The van der Waals surface area contributed by atoms with E-state index >= 15 is 0 Å². The van der Waals surface area contributed by atoms with Crippen molar-refractivity contribution in [1.29, 1.82) is 0 Å². The van der Waals surface area contributed by atoms with Crippen molar-refractivity contribution in [2.24, 2.45) is 0 Å². The van der Waals surface area contributed by atoms with Crippen LogP contribution in [0.1, 0.15) is 20.3 Å². The lowest BCUT2D eigenvalue weighted by Crippen LogP contribution is -2.29. The van der Waals surface area contributed by atoms with E-state index in [0.717, 1.165) is 19.1 Å². The van der Waals surface area contributed by atoms with Crippen LogP contribution in [0.3, 0.4) is 0 Å². The third-order valence-corrected chi connectivity index (χ3v) is 1.31. The normalized spacial score (nSPS) is 9.38. The van der Waals surface area contributed by atoms with Crippen molar-refractivity contribution >= 4 is 6.85 Å². The van der Waals surface area contributed by atoms with Crippen LogP contribution in [0.2, 0.25) is 12.6 Å². The number of nitrogens with one attached hydrogen (secondary N) is 1. The molecule has 0 unspecified atom stereocenters. The highest BCUT2D eigenvalue weighted by molar-refractivity contribution is 6.55. The Morgan fingerprint density at radius 1 is 1.50 bits per heavy atom. The molecule has 0 aromatic carbocycles. The highest BCUT2D eigenvalue weighted by Crippen LogP contribution is 1.96. The molecule has 0 saturated carbocycles. The van der Waals surface area contributed by atoms with Gasteiger partial charge in [-0.15, -0.1) is 0 Å². The minimum atomic E-state index is 0.306. The van der Waals surface area contributed by atoms with Crippen LogP contribution in [0.25, 0.3) is 0 Å². The molecule has 0 aliphatic carbocycles. The maximum Gasteiger partial charge on any atom is 0.251 e. The average molecular weight is 115 g/mol. The van der Waals surface area contributed by atoms with E-state index in [1.165, 1.54) is 0 Å². The van der Waals surface area contributed by atoms with Crippen LogP contribution in [-0.2, 0) is 0 Å². The standard InChI is InChI=1S/C5H14BNO/c1-3-5-6(4-2)7-8/h7-8H,3-5H2,1-2H3. The Kier molecular flexibility index (Phi) is 5.12. The summed E-state index contributed by atoms with van der Waals surface area (Å²) in [6.45, 7) is 4.48. The van der Waals surface area contributed by atoms with Gasteiger partial charge in [0.25, 0.3) is 6.85 Å². The predicted octanol–water partition coefficient (Wildman–Crippen LogP) is 1.39. The van der Waals surface area contributed by atoms with Crippen LogP contribution < -0.4 is 5.39 Å². The Hall–Kier alpha value is -0.0151. The molecule has 0 rings (SSSR count). The molecule has 3 heteroatoms. The summed E-state index contributed by atoms with van der Waals surface area (Å²) in [5.41, 5.74) is 0. The lowest BCUT2D eigenvalue weighted by atomic mass is 9.57. The Morgan fingerprint density at radius 3 is 2.25 bits per heavy atom. The summed E-state index contributed by atoms with van der Waals surface area (Å²) >= 11 is 0. The topological polar surface area (TPSA) is 32.3 Å². The number of rotatable bonds is 4. The summed E-state index contributed by atoms with van der Waals surface area (Å²) in [7, 11) is 0. The van der Waals surface area contributed by atoms with Crippen molar-refractivity contribution in [3.63, 3.8) is 0 Å². The van der Waals surface area contributed by atoms with Gasteiger partial charge in [-0.25, -0.2) is 5.39 Å². The molecular weight excluding hydrogens is 101 g/mol. The van der Waals surface area contributed by atoms with E-state index in [1.54, 1.807) is 0 Å². The first kappa shape index (κ1) is 7.98. The monoisotopic (exact) mass is 115 g/mol. The lowest BCUT2D eigenvalue weighted by molar-refractivity contribution is 0.240. The molecule has 2 N–H and O–H groups in total. The maximum atomic E-state index is 8.41. The summed E-state index contributed by atoms with van der Waals surface area (Å²) < 4.78 is 0. The predicted molar refractivity (Wildman–Crippen MR) is 36.3 cm³/mol. The van der Waals surface area contributed by atoms with Crippen molar-refractivity contribution < 1.29 is 5.21 Å². The van der Waals surface area contributed by atoms with E-state index in [9.17, 15) is 0 Å². The van der Waals surface area contributed by atoms with E-state index in [1.807, 2.05) is 0 Å². The summed E-state index contributed by atoms with van der Waals surface area (Å²) in [5.74, 6) is 0. The highest BCUT2D eigenvalue weighted by atomic mass is 16.4. The zero-order valence-corrected chi connectivity index (χ0v) is 5.65. The molecule has 0 aromatic rings. The van der Waals surface area contributed by atoms with E-state index in [0.29, 0.717) is 6.85 Å². The summed E-state index contributed by atoms with van der Waals surface area (Å²) in [6.07, 6.45) is 3.20. The van der Waals surface area contributed by atoms with Crippen molar-refractivity contribution in [3.05, 3.63) is 0 Å². The van der Waals surface area contributed by atoms with Crippen LogP contribution in [0, 0.1) is 0 Å². The van der Waals surface area contributed by atoms with Gasteiger partial charge in [-0.1, -0.05) is 32.9 Å². The number of hydrogen-bond donors (Lipinski definition) is 2. The molecule has 48 valence electrons. The third-order valence-electron chi connectivity index (χ3n) is 1.31. The van der Waals surface area contributed by atoms with Crippen molar-refractivity contribution in [1.82, 2.24) is 5.39 Å². The van der Waals surface area contributed by atoms with Crippen molar-refractivity contribution in [2.75, 3.05) is 0 Å². The van der Waals surface area contributed by atoms with Crippen LogP contribution >= 0.6 is 0 Å². The second-order valence-corrected chi connectivity index (χ2v) is 2.02. The first-order chi connectivity index (χ1) is 3.85. The third kappa shape index (κ3) is 3.05. The minimum Gasteiger partial charge on any atom is -0.328 e. The Morgan fingerprint density at radius 2 is 2.12 bits per heavy atom. The van der Waals surface area contributed by atoms with E-state index in [2.05, 4.69) is 19.2 Å². The average Bonchev–Trinajstić information content (AvgIpc) is 1.83. The van der Waals surface area contributed by atoms with E-state index < -0.39 is 0 Å². The molecule has 0 aromatic heterocycles. The quantitative estimate of drug-likeness (QED) is 0.428. The van der Waals surface area contributed by atoms with Crippen LogP contribution in [0.4, 0.5) is 0 Å². The Balaban J connectivity index is 3.07. The van der Waals surface area contributed by atoms with Gasteiger partial charge in [0.1, 0.15) is 0 Å². The number of hydrogen-bond acceptors (Lipinski definition) is 2. The zero-order valence-electron chi connectivity index (χ0n) is 5.65. The molecule has 0 aliphatic rings. The van der Waals surface area contributed by atoms with Gasteiger partial charge < -0.3 is 5.21 Å². The molecule has 0 amide bonds. The largest absolute Gasteiger partial charge is 0.328 e. The second-order valence-electron chi connectivity index (χ2n) is 2.02. The molecule has 0 heterocycles. The van der Waals surface area contributed by atoms with Gasteiger partial charge in [0.2, 0.25) is 0 Å². The molecule has 0 atom stereocenters. The molecule has 0 fully saturated rings. The highest BCUT2D eigenvalue weighted by Gasteiger charge is 2.06. The molecule has 2 nitrogen and oxygen atoms in total. The summed E-state index contributed by atoms with van der Waals surface area (Å²) in [6, 6.07) is 0. The van der Waals surface area contributed by atoms with Gasteiger partial charge in [-0.2, -0.15) is 0 Å². The molecule has 0 spiro atoms. The maximum absolute atomic E-state index is 8.41. The van der Waals surface area contributed by atoms with Gasteiger partial charge in [0.15, 0.2) is 0 Å². The molecule has 8 heavy (non-hydrogen) atoms. The van der Waals surface area contributed by atoms with E-state index in [-0.39, 0.29) is 0 Å². The van der Waals surface area contributed by atoms with Gasteiger partial charge in [-0.3, -0.25) is 0 Å². The van der Waals surface area contributed by atoms with Gasteiger partial charge in [0.05, 0.1) is 0 Å². The Labute approximate surface area is 51.3 Å². The van der Waals surface area contributed by atoms with E-state index in [4.69, 9.17) is 5.21 Å². The summed E-state index contributed by atoms with van der Waals surface area (Å²) in [5, 5.41) is 10.7. The Bertz CT molecular complexity index is 47.7. The smallest absolute Gasteiger partial charge is 0.251 e. The fraction of sp³-hybridized carbons (Fsp3) is 1.00. The van der Waals surface area contributed by atoms with Crippen molar-refractivity contribution in [2.45, 2.75) is 32.9 Å². The van der Waals surface area contributed by atoms with Gasteiger partial charge >= 0.3 is 0 Å². The fourth-order valence-corrected chi connectivity index (χ4v) is 0.708. The molecular formula is C5H14BNO. The molecule has 0 saturated heterocycles. The van der Waals surface area contributed by atoms with Crippen LogP contribution in [-0.4, -0.2) is 12.1 Å². The lowest BCUT2D eigenvalue weighted by Gasteiger charge is -2.03. The zero-order chi connectivity index (χ0) is 6.41. The molecule has 0 aliphatic heterocycles. The first-order valence-corrected chi connectivity index (χ1v) is 3.24. The van der Waals surface area contributed by atoms with Gasteiger partial charge in [-0.05, 0) is 0 Å². The van der Waals surface area contributed by atoms with Crippen LogP contribution in [0.15, 0.2) is 0 Å².